The normalized spacial score (nSPS) is 12.9. The Balaban J connectivity index is 1.98. The first-order chi connectivity index (χ1) is 16.1. The molecule has 2 atom stereocenters. The fourth-order valence-electron chi connectivity index (χ4n) is 4.31. The van der Waals surface area contributed by atoms with Crippen LogP contribution >= 0.6 is 0 Å². The summed E-state index contributed by atoms with van der Waals surface area (Å²) in [4.78, 5) is 41.9. The smallest absolute Gasteiger partial charge is 0.305 e. The van der Waals surface area contributed by atoms with E-state index in [1.165, 1.54) is 10.6 Å². The van der Waals surface area contributed by atoms with Gasteiger partial charge in [-0.3, -0.25) is 19.4 Å². The molecule has 0 spiro atoms. The highest BCUT2D eigenvalue weighted by Gasteiger charge is 2.28. The van der Waals surface area contributed by atoms with Crippen molar-refractivity contribution < 1.29 is 14.7 Å². The van der Waals surface area contributed by atoms with Crippen molar-refractivity contribution in [3.63, 3.8) is 0 Å². The van der Waals surface area contributed by atoms with Crippen molar-refractivity contribution in [1.82, 2.24) is 14.9 Å². The maximum absolute atomic E-state index is 13.4. The van der Waals surface area contributed by atoms with Gasteiger partial charge in [-0.25, -0.2) is 0 Å². The second-order valence-electron chi connectivity index (χ2n) is 9.07. The van der Waals surface area contributed by atoms with Gasteiger partial charge in [-0.1, -0.05) is 32.0 Å². The lowest BCUT2D eigenvalue weighted by Crippen LogP contribution is -2.41. The van der Waals surface area contributed by atoms with E-state index in [1.54, 1.807) is 24.7 Å². The van der Waals surface area contributed by atoms with Crippen LogP contribution in [-0.2, 0) is 9.59 Å². The summed E-state index contributed by atoms with van der Waals surface area (Å²) in [5.74, 6) is -1.65. The van der Waals surface area contributed by atoms with E-state index in [-0.39, 0.29) is 17.9 Å². The summed E-state index contributed by atoms with van der Waals surface area (Å²) < 4.78 is 1.40. The van der Waals surface area contributed by atoms with Crippen LogP contribution in [0.15, 0.2) is 59.8 Å². The molecule has 2 heterocycles. The van der Waals surface area contributed by atoms with Gasteiger partial charge in [0, 0.05) is 30.2 Å². The molecule has 0 radical (unpaired) electrons. The number of amides is 1. The molecule has 178 valence electrons. The summed E-state index contributed by atoms with van der Waals surface area (Å²) in [7, 11) is 0. The topological polar surface area (TPSA) is 101 Å². The molecule has 3 aromatic rings. The lowest BCUT2D eigenvalue weighted by atomic mass is 9.94. The molecular formula is C27H31N3O4. The number of aliphatic carboxylic acids is 1. The van der Waals surface area contributed by atoms with Gasteiger partial charge < -0.3 is 15.0 Å². The zero-order chi connectivity index (χ0) is 25.0. The summed E-state index contributed by atoms with van der Waals surface area (Å²) in [5.41, 5.74) is 5.17. The molecule has 2 unspecified atom stereocenters. The largest absolute Gasteiger partial charge is 0.481 e. The number of rotatable bonds is 8. The number of carbonyl (C=O) groups is 2. The fourth-order valence-corrected chi connectivity index (χ4v) is 4.31. The highest BCUT2D eigenvalue weighted by Crippen LogP contribution is 2.29. The number of aromatic nitrogens is 2. The van der Waals surface area contributed by atoms with Gasteiger partial charge in [-0.2, -0.15) is 0 Å². The molecule has 0 aliphatic rings. The SMILES string of the molecule is Cc1ccn(C(C(=O)NC(CC(=O)O)c2cncc(-c3c(C)cccc3C)c2)C(C)C)c(=O)c1. The minimum absolute atomic E-state index is 0.190. The molecule has 3 rings (SSSR count). The quantitative estimate of drug-likeness (QED) is 0.519. The Labute approximate surface area is 199 Å². The van der Waals surface area contributed by atoms with Gasteiger partial charge in [0.25, 0.3) is 5.56 Å². The molecule has 1 aromatic carbocycles. The third kappa shape index (κ3) is 5.60. The molecule has 7 heteroatoms. The lowest BCUT2D eigenvalue weighted by Gasteiger charge is -2.26. The molecular weight excluding hydrogens is 430 g/mol. The molecule has 0 aliphatic carbocycles. The fraction of sp³-hybridized carbons (Fsp3) is 0.333. The Morgan fingerprint density at radius 1 is 1.06 bits per heavy atom. The van der Waals surface area contributed by atoms with E-state index in [4.69, 9.17) is 0 Å². The lowest BCUT2D eigenvalue weighted by molar-refractivity contribution is -0.138. The van der Waals surface area contributed by atoms with Crippen LogP contribution in [0.1, 0.15) is 54.6 Å². The molecule has 0 aliphatic heterocycles. The third-order valence-electron chi connectivity index (χ3n) is 5.93. The van der Waals surface area contributed by atoms with Crippen molar-refractivity contribution >= 4 is 11.9 Å². The van der Waals surface area contributed by atoms with Crippen molar-refractivity contribution in [2.24, 2.45) is 5.92 Å². The number of carboxylic acids is 1. The van der Waals surface area contributed by atoms with Gasteiger partial charge in [0.1, 0.15) is 6.04 Å². The summed E-state index contributed by atoms with van der Waals surface area (Å²) in [6.07, 6.45) is 4.61. The highest BCUT2D eigenvalue weighted by molar-refractivity contribution is 5.82. The number of hydrogen-bond acceptors (Lipinski definition) is 4. The minimum atomic E-state index is -1.05. The van der Waals surface area contributed by atoms with E-state index < -0.39 is 24.0 Å². The Hall–Kier alpha value is -3.74. The molecule has 7 nitrogen and oxygen atoms in total. The van der Waals surface area contributed by atoms with E-state index in [0.29, 0.717) is 5.56 Å². The van der Waals surface area contributed by atoms with Crippen LogP contribution in [0, 0.1) is 26.7 Å². The van der Waals surface area contributed by atoms with Crippen LogP contribution in [-0.4, -0.2) is 26.5 Å². The Morgan fingerprint density at radius 3 is 2.32 bits per heavy atom. The number of aryl methyl sites for hydroxylation is 3. The second kappa shape index (κ2) is 10.5. The van der Waals surface area contributed by atoms with Gasteiger partial charge in [0.05, 0.1) is 12.5 Å². The predicted molar refractivity (Wildman–Crippen MR) is 132 cm³/mol. The average Bonchev–Trinajstić information content (AvgIpc) is 2.74. The highest BCUT2D eigenvalue weighted by atomic mass is 16.4. The molecule has 0 bridgehead atoms. The van der Waals surface area contributed by atoms with E-state index in [0.717, 1.165) is 27.8 Å². The molecule has 0 saturated carbocycles. The first kappa shape index (κ1) is 24.9. The number of carbonyl (C=O) groups excluding carboxylic acids is 1. The molecule has 0 saturated heterocycles. The molecule has 34 heavy (non-hydrogen) atoms. The molecule has 1 amide bonds. The van der Waals surface area contributed by atoms with Crippen LogP contribution in [0.5, 0.6) is 0 Å². The van der Waals surface area contributed by atoms with Gasteiger partial charge in [0.15, 0.2) is 0 Å². The number of benzene rings is 1. The maximum Gasteiger partial charge on any atom is 0.305 e. The van der Waals surface area contributed by atoms with Crippen molar-refractivity contribution in [2.45, 2.75) is 53.1 Å². The molecule has 0 fully saturated rings. The maximum atomic E-state index is 13.4. The number of nitrogens with one attached hydrogen (secondary N) is 1. The number of pyridine rings is 2. The zero-order valence-electron chi connectivity index (χ0n) is 20.2. The summed E-state index contributed by atoms with van der Waals surface area (Å²) in [6.45, 7) is 9.54. The monoisotopic (exact) mass is 461 g/mol. The van der Waals surface area contributed by atoms with Crippen molar-refractivity contribution in [1.29, 1.82) is 0 Å². The number of hydrogen-bond donors (Lipinski definition) is 2. The summed E-state index contributed by atoms with van der Waals surface area (Å²) >= 11 is 0. The van der Waals surface area contributed by atoms with Crippen molar-refractivity contribution in [3.05, 3.63) is 87.6 Å². The van der Waals surface area contributed by atoms with E-state index >= 15 is 0 Å². The van der Waals surface area contributed by atoms with Crippen LogP contribution in [0.2, 0.25) is 0 Å². The van der Waals surface area contributed by atoms with Gasteiger partial charge in [-0.05, 0) is 66.6 Å². The first-order valence-corrected chi connectivity index (χ1v) is 11.3. The summed E-state index contributed by atoms with van der Waals surface area (Å²) in [6, 6.07) is 9.56. The number of carboxylic acid groups (broad SMARTS) is 1. The van der Waals surface area contributed by atoms with Crippen molar-refractivity contribution in [2.75, 3.05) is 0 Å². The second-order valence-corrected chi connectivity index (χ2v) is 9.07. The van der Waals surface area contributed by atoms with Crippen LogP contribution in [0.3, 0.4) is 0 Å². The Kier molecular flexibility index (Phi) is 7.66. The van der Waals surface area contributed by atoms with Gasteiger partial charge in [0.2, 0.25) is 5.91 Å². The van der Waals surface area contributed by atoms with Gasteiger partial charge in [-0.15, -0.1) is 0 Å². The van der Waals surface area contributed by atoms with Crippen LogP contribution in [0.25, 0.3) is 11.1 Å². The molecule has 2 N–H and O–H groups in total. The first-order valence-electron chi connectivity index (χ1n) is 11.3. The van der Waals surface area contributed by atoms with E-state index in [1.807, 2.05) is 58.9 Å². The van der Waals surface area contributed by atoms with Crippen LogP contribution < -0.4 is 10.9 Å². The van der Waals surface area contributed by atoms with Crippen LogP contribution in [0.4, 0.5) is 0 Å². The zero-order valence-corrected chi connectivity index (χ0v) is 20.2. The number of nitrogens with zero attached hydrogens (tertiary/aromatic N) is 2. The van der Waals surface area contributed by atoms with E-state index in [2.05, 4.69) is 10.3 Å². The minimum Gasteiger partial charge on any atom is -0.481 e. The predicted octanol–water partition coefficient (Wildman–Crippen LogP) is 4.36. The summed E-state index contributed by atoms with van der Waals surface area (Å²) in [5, 5.41) is 12.4. The standard InChI is InChI=1S/C27H31N3O4/c1-16(2)26(30-10-9-17(3)11-23(30)31)27(34)29-22(13-24(32)33)20-12-21(15-28-14-20)25-18(4)7-6-8-19(25)5/h6-12,14-16,22,26H,13H2,1-5H3,(H,29,34)(H,32,33). The third-order valence-corrected chi connectivity index (χ3v) is 5.93. The Morgan fingerprint density at radius 2 is 1.74 bits per heavy atom. The van der Waals surface area contributed by atoms with E-state index in [9.17, 15) is 19.5 Å². The Bertz CT molecular complexity index is 1240. The van der Waals surface area contributed by atoms with Crippen molar-refractivity contribution in [3.8, 4) is 11.1 Å². The average molecular weight is 462 g/mol. The molecule has 2 aromatic heterocycles. The van der Waals surface area contributed by atoms with Gasteiger partial charge >= 0.3 is 5.97 Å².